The summed E-state index contributed by atoms with van der Waals surface area (Å²) in [6.45, 7) is 0.127. The van der Waals surface area contributed by atoms with E-state index in [9.17, 15) is 4.79 Å². The topological polar surface area (TPSA) is 77.8 Å². The second-order valence-corrected chi connectivity index (χ2v) is 5.69. The van der Waals surface area contributed by atoms with Gasteiger partial charge in [-0.15, -0.1) is 0 Å². The third-order valence-corrected chi connectivity index (χ3v) is 4.51. The molecule has 0 heterocycles. The van der Waals surface area contributed by atoms with Gasteiger partial charge in [0.05, 0.1) is 18.7 Å². The zero-order valence-corrected chi connectivity index (χ0v) is 10.1. The molecule has 0 N–H and O–H groups in total. The van der Waals surface area contributed by atoms with Crippen molar-refractivity contribution in [2.24, 2.45) is 0 Å². The predicted octanol–water partition coefficient (Wildman–Crippen LogP) is 0.321. The fourth-order valence-electron chi connectivity index (χ4n) is 0.962. The summed E-state index contributed by atoms with van der Waals surface area (Å²) in [6.07, 6.45) is -0.249. The molecule has 0 saturated heterocycles. The number of esters is 1. The highest BCUT2D eigenvalue weighted by Gasteiger charge is 2.37. The first-order valence-electron chi connectivity index (χ1n) is 4.32. The molecule has 0 radical (unpaired) electrons. The molecule has 0 amide bonds. The summed E-state index contributed by atoms with van der Waals surface area (Å²) in [5.41, 5.74) is 0. The second-order valence-electron chi connectivity index (χ2n) is 2.60. The Balaban J connectivity index is 3.92. The molecule has 0 aliphatic carbocycles. The molecule has 15 heavy (non-hydrogen) atoms. The van der Waals surface area contributed by atoms with Crippen molar-refractivity contribution in [1.29, 1.82) is 5.26 Å². The molecular weight excluding hydrogens is 218 g/mol. The maximum absolute atomic E-state index is 10.8. The lowest BCUT2D eigenvalue weighted by molar-refractivity contribution is -0.142. The molecule has 0 fully saturated rings. The number of ether oxygens (including phenoxy) is 1. The van der Waals surface area contributed by atoms with Gasteiger partial charge in [0.15, 0.2) is 0 Å². The van der Waals surface area contributed by atoms with Crippen molar-refractivity contribution in [2.45, 2.75) is 12.5 Å². The second kappa shape index (κ2) is 7.36. The van der Waals surface area contributed by atoms with Crippen LogP contribution in [0.25, 0.3) is 0 Å². The van der Waals surface area contributed by atoms with Crippen LogP contribution in [0.2, 0.25) is 6.04 Å². The standard InChI is InChI=1S/C8H15NO5Si/c1-11-15(12-2,13-3)7-6-14-8(10)4-5-9/h4,6-7H2,1-3H3. The Labute approximate surface area is 90.1 Å². The van der Waals surface area contributed by atoms with E-state index in [2.05, 4.69) is 0 Å². The van der Waals surface area contributed by atoms with E-state index in [1.807, 2.05) is 0 Å². The molecule has 0 bridgehead atoms. The SMILES string of the molecule is CO[Si](CCOC(=O)CC#N)(OC)OC. The van der Waals surface area contributed by atoms with Crippen LogP contribution in [0.1, 0.15) is 6.42 Å². The number of hydrogen-bond acceptors (Lipinski definition) is 6. The van der Waals surface area contributed by atoms with Crippen LogP contribution in [0.4, 0.5) is 0 Å². The largest absolute Gasteiger partial charge is 0.503 e. The Morgan fingerprint density at radius 2 is 1.80 bits per heavy atom. The lowest BCUT2D eigenvalue weighted by atomic mass is 10.5. The first-order chi connectivity index (χ1) is 7.14. The maximum atomic E-state index is 10.8. The van der Waals surface area contributed by atoms with E-state index >= 15 is 0 Å². The van der Waals surface area contributed by atoms with E-state index in [1.165, 1.54) is 21.3 Å². The van der Waals surface area contributed by atoms with Crippen molar-refractivity contribution in [3.63, 3.8) is 0 Å². The van der Waals surface area contributed by atoms with Crippen molar-refractivity contribution >= 4 is 14.8 Å². The summed E-state index contributed by atoms with van der Waals surface area (Å²) in [7, 11) is 1.78. The lowest BCUT2D eigenvalue weighted by Gasteiger charge is -2.23. The summed E-state index contributed by atoms with van der Waals surface area (Å²) >= 11 is 0. The van der Waals surface area contributed by atoms with Crippen LogP contribution in [0.3, 0.4) is 0 Å². The van der Waals surface area contributed by atoms with Gasteiger partial charge in [0, 0.05) is 21.3 Å². The lowest BCUT2D eigenvalue weighted by Crippen LogP contribution is -2.43. The van der Waals surface area contributed by atoms with Gasteiger partial charge in [-0.1, -0.05) is 0 Å². The Kier molecular flexibility index (Phi) is 6.90. The van der Waals surface area contributed by atoms with Gasteiger partial charge in [-0.05, 0) is 0 Å². The quantitative estimate of drug-likeness (QED) is 0.465. The summed E-state index contributed by atoms with van der Waals surface area (Å²) in [4.78, 5) is 10.8. The van der Waals surface area contributed by atoms with Gasteiger partial charge < -0.3 is 18.0 Å². The molecule has 86 valence electrons. The zero-order valence-electron chi connectivity index (χ0n) is 9.11. The highest BCUT2D eigenvalue weighted by molar-refractivity contribution is 6.60. The number of nitriles is 1. The van der Waals surface area contributed by atoms with E-state index in [4.69, 9.17) is 23.3 Å². The summed E-state index contributed by atoms with van der Waals surface area (Å²) in [5.74, 6) is -0.552. The van der Waals surface area contributed by atoms with Gasteiger partial charge in [0.25, 0.3) is 0 Å². The average molecular weight is 233 g/mol. The van der Waals surface area contributed by atoms with Crippen molar-refractivity contribution in [3.8, 4) is 6.07 Å². The van der Waals surface area contributed by atoms with Crippen LogP contribution in [0, 0.1) is 11.3 Å². The smallest absolute Gasteiger partial charge is 0.465 e. The van der Waals surface area contributed by atoms with Crippen LogP contribution in [0.15, 0.2) is 0 Å². The minimum atomic E-state index is -2.67. The van der Waals surface area contributed by atoms with Crippen LogP contribution in [0.5, 0.6) is 0 Å². The third kappa shape index (κ3) is 4.90. The molecule has 0 unspecified atom stereocenters. The summed E-state index contributed by atoms with van der Waals surface area (Å²) in [5, 5.41) is 8.22. The fourth-order valence-corrected chi connectivity index (χ4v) is 2.43. The molecule has 0 aromatic carbocycles. The Morgan fingerprint density at radius 3 is 2.20 bits per heavy atom. The van der Waals surface area contributed by atoms with Crippen LogP contribution in [-0.2, 0) is 22.8 Å². The average Bonchev–Trinajstić information content (AvgIpc) is 2.25. The first kappa shape index (κ1) is 14.1. The Hall–Kier alpha value is -0.943. The minimum Gasteiger partial charge on any atom is -0.465 e. The number of hydrogen-bond donors (Lipinski definition) is 0. The monoisotopic (exact) mass is 233 g/mol. The van der Waals surface area contributed by atoms with Gasteiger partial charge in [-0.2, -0.15) is 5.26 Å². The molecule has 0 saturated carbocycles. The molecule has 0 aromatic rings. The van der Waals surface area contributed by atoms with E-state index in [-0.39, 0.29) is 13.0 Å². The third-order valence-electron chi connectivity index (χ3n) is 1.83. The van der Waals surface area contributed by atoms with Crippen LogP contribution < -0.4 is 0 Å². The van der Waals surface area contributed by atoms with E-state index in [0.29, 0.717) is 6.04 Å². The maximum Gasteiger partial charge on any atom is 0.503 e. The Morgan fingerprint density at radius 1 is 1.27 bits per heavy atom. The fraction of sp³-hybridized carbons (Fsp3) is 0.750. The number of carbonyl (C=O) groups excluding carboxylic acids is 1. The summed E-state index contributed by atoms with van der Waals surface area (Å²) < 4.78 is 20.1. The number of carbonyl (C=O) groups is 1. The van der Waals surface area contributed by atoms with E-state index in [0.717, 1.165) is 0 Å². The first-order valence-corrected chi connectivity index (χ1v) is 6.25. The van der Waals surface area contributed by atoms with Gasteiger partial charge in [0.1, 0.15) is 6.42 Å². The molecule has 7 heteroatoms. The molecule has 0 rings (SSSR count). The van der Waals surface area contributed by atoms with Crippen molar-refractivity contribution in [2.75, 3.05) is 27.9 Å². The molecule has 0 aliphatic heterocycles. The van der Waals surface area contributed by atoms with Gasteiger partial charge >= 0.3 is 14.8 Å². The molecule has 6 nitrogen and oxygen atoms in total. The summed E-state index contributed by atoms with van der Waals surface area (Å²) in [6, 6.07) is 2.07. The van der Waals surface area contributed by atoms with Gasteiger partial charge in [-0.25, -0.2) is 0 Å². The number of nitrogens with zero attached hydrogens (tertiary/aromatic N) is 1. The van der Waals surface area contributed by atoms with Crippen LogP contribution in [-0.4, -0.2) is 42.7 Å². The van der Waals surface area contributed by atoms with Gasteiger partial charge in [-0.3, -0.25) is 4.79 Å². The normalized spacial score (nSPS) is 10.8. The van der Waals surface area contributed by atoms with Crippen molar-refractivity contribution in [1.82, 2.24) is 0 Å². The van der Waals surface area contributed by atoms with Crippen molar-refractivity contribution in [3.05, 3.63) is 0 Å². The van der Waals surface area contributed by atoms with E-state index < -0.39 is 14.8 Å². The molecule has 0 atom stereocenters. The number of rotatable bonds is 7. The zero-order chi connectivity index (χ0) is 11.7. The van der Waals surface area contributed by atoms with Crippen LogP contribution >= 0.6 is 0 Å². The van der Waals surface area contributed by atoms with E-state index in [1.54, 1.807) is 6.07 Å². The minimum absolute atomic E-state index is 0.127. The molecular formula is C8H15NO5Si. The predicted molar refractivity (Wildman–Crippen MR) is 52.8 cm³/mol. The highest BCUT2D eigenvalue weighted by atomic mass is 28.4. The Bertz CT molecular complexity index is 227. The molecule has 0 aliphatic rings. The molecule has 0 spiro atoms. The van der Waals surface area contributed by atoms with Crippen molar-refractivity contribution < 1.29 is 22.8 Å². The highest BCUT2D eigenvalue weighted by Crippen LogP contribution is 2.12. The van der Waals surface area contributed by atoms with Gasteiger partial charge in [0.2, 0.25) is 0 Å². The molecule has 0 aromatic heterocycles.